The van der Waals surface area contributed by atoms with Gasteiger partial charge >= 0.3 is 5.97 Å². The molecule has 1 aromatic rings. The molecule has 162 valence electrons. The molecule has 1 N–H and O–H groups in total. The first kappa shape index (κ1) is 22.9. The molecule has 2 saturated heterocycles. The third kappa shape index (κ3) is 5.28. The maximum absolute atomic E-state index is 11.7. The number of alkyl halides is 3. The summed E-state index contributed by atoms with van der Waals surface area (Å²) in [5.41, 5.74) is 9.76. The van der Waals surface area contributed by atoms with Crippen LogP contribution in [-0.4, -0.2) is 52.9 Å². The van der Waals surface area contributed by atoms with E-state index in [0.29, 0.717) is 0 Å². The van der Waals surface area contributed by atoms with E-state index in [1.807, 2.05) is 30.3 Å². The zero-order chi connectivity index (χ0) is 21.9. The summed E-state index contributed by atoms with van der Waals surface area (Å²) in [7, 11) is 0. The minimum Gasteiger partial charge on any atom is -0.459 e. The van der Waals surface area contributed by atoms with Gasteiger partial charge in [-0.2, -0.15) is 0 Å². The zero-order valence-corrected chi connectivity index (χ0v) is 17.8. The van der Waals surface area contributed by atoms with E-state index < -0.39 is 52.6 Å². The lowest BCUT2D eigenvalue weighted by atomic mass is 9.96. The van der Waals surface area contributed by atoms with Crippen molar-refractivity contribution >= 4 is 46.7 Å². The molecule has 0 saturated carbocycles. The highest BCUT2D eigenvalue weighted by atomic mass is 35.6. The molecule has 2 heterocycles. The smallest absolute Gasteiger partial charge is 0.303 e. The Bertz CT molecular complexity index is 833. The van der Waals surface area contributed by atoms with E-state index in [9.17, 15) is 4.79 Å². The van der Waals surface area contributed by atoms with Gasteiger partial charge in [0.1, 0.15) is 24.4 Å². The van der Waals surface area contributed by atoms with Crippen molar-refractivity contribution in [2.45, 2.75) is 47.7 Å². The van der Waals surface area contributed by atoms with Crippen LogP contribution in [0.2, 0.25) is 0 Å². The van der Waals surface area contributed by atoms with Crippen molar-refractivity contribution in [1.29, 1.82) is 5.41 Å². The highest BCUT2D eigenvalue weighted by Gasteiger charge is 2.53. The average molecular weight is 480 g/mol. The molecule has 13 heteroatoms. The Balaban J connectivity index is 1.89. The van der Waals surface area contributed by atoms with E-state index in [1.54, 1.807) is 0 Å². The van der Waals surface area contributed by atoms with Gasteiger partial charge in [0.2, 0.25) is 12.2 Å². The van der Waals surface area contributed by atoms with Gasteiger partial charge in [0.15, 0.2) is 6.29 Å². The van der Waals surface area contributed by atoms with E-state index in [0.717, 1.165) is 5.56 Å². The lowest BCUT2D eigenvalue weighted by Crippen LogP contribution is -2.63. The number of azide groups is 1. The standard InChI is InChI=1S/C17H17Cl3N4O6/c1-8(25)27-13-11(23-24-22)15(30-16(21)17(18,19)20)28-10-7-26-14(29-12(10)13)9-5-3-2-4-6-9/h2-6,10-15,21H,7H2,1H3/t10-,11-,12+,13-,14?,15?/m1/s1. The number of hydrogen-bond donors (Lipinski definition) is 1. The molecule has 2 aliphatic heterocycles. The number of rotatable bonds is 4. The van der Waals surface area contributed by atoms with Crippen LogP contribution < -0.4 is 0 Å². The number of ether oxygens (including phenoxy) is 5. The van der Waals surface area contributed by atoms with E-state index >= 15 is 0 Å². The van der Waals surface area contributed by atoms with Crippen LogP contribution in [0.5, 0.6) is 0 Å². The predicted molar refractivity (Wildman–Crippen MR) is 106 cm³/mol. The lowest BCUT2D eigenvalue weighted by Gasteiger charge is -2.47. The third-order valence-corrected chi connectivity index (χ3v) is 4.87. The number of fused-ring (bicyclic) bond motifs is 1. The van der Waals surface area contributed by atoms with Crippen LogP contribution in [0.25, 0.3) is 10.4 Å². The molecule has 2 aliphatic rings. The number of carbonyl (C=O) groups is 1. The van der Waals surface area contributed by atoms with Crippen molar-refractivity contribution in [3.63, 3.8) is 0 Å². The van der Waals surface area contributed by atoms with Gasteiger partial charge in [-0.3, -0.25) is 10.2 Å². The molecule has 2 fully saturated rings. The zero-order valence-electron chi connectivity index (χ0n) is 15.5. The van der Waals surface area contributed by atoms with Gasteiger partial charge < -0.3 is 23.7 Å². The van der Waals surface area contributed by atoms with Crippen LogP contribution in [0.4, 0.5) is 0 Å². The van der Waals surface area contributed by atoms with Crippen molar-refractivity contribution in [1.82, 2.24) is 0 Å². The first-order chi connectivity index (χ1) is 14.2. The molecule has 3 rings (SSSR count). The fourth-order valence-corrected chi connectivity index (χ4v) is 3.26. The highest BCUT2D eigenvalue weighted by Crippen LogP contribution is 2.38. The normalized spacial score (nSPS) is 31.1. The van der Waals surface area contributed by atoms with Crippen LogP contribution in [-0.2, 0) is 28.5 Å². The third-order valence-electron chi connectivity index (χ3n) is 4.36. The number of hydrogen-bond acceptors (Lipinski definition) is 8. The molecule has 30 heavy (non-hydrogen) atoms. The van der Waals surface area contributed by atoms with Crippen molar-refractivity contribution in [2.75, 3.05) is 6.61 Å². The van der Waals surface area contributed by atoms with Gasteiger partial charge in [0.05, 0.1) is 6.61 Å². The number of nitrogens with one attached hydrogen (secondary N) is 1. The van der Waals surface area contributed by atoms with Gasteiger partial charge in [-0.25, -0.2) is 0 Å². The first-order valence-electron chi connectivity index (χ1n) is 8.72. The molecule has 10 nitrogen and oxygen atoms in total. The second kappa shape index (κ2) is 9.57. The summed E-state index contributed by atoms with van der Waals surface area (Å²) in [6, 6.07) is 7.90. The Morgan fingerprint density at radius 1 is 1.27 bits per heavy atom. The summed E-state index contributed by atoms with van der Waals surface area (Å²) in [5, 5.41) is 11.4. The lowest BCUT2D eigenvalue weighted by molar-refractivity contribution is -0.334. The SMILES string of the molecule is CC(=O)O[C@H]1[C@H]2OC(c3ccccc3)OC[C@H]2OC(OC(=N)C(Cl)(Cl)Cl)[C@@H]1N=[N+]=[N-]. The Labute approximate surface area is 186 Å². The molecule has 0 spiro atoms. The van der Waals surface area contributed by atoms with Gasteiger partial charge in [0, 0.05) is 17.4 Å². The van der Waals surface area contributed by atoms with E-state index in [2.05, 4.69) is 10.0 Å². The number of halogens is 3. The molecular formula is C17H17Cl3N4O6. The summed E-state index contributed by atoms with van der Waals surface area (Å²) in [5.74, 6) is -1.39. The maximum atomic E-state index is 11.7. The van der Waals surface area contributed by atoms with Gasteiger partial charge in [0.25, 0.3) is 3.79 Å². The van der Waals surface area contributed by atoms with E-state index in [-0.39, 0.29) is 6.61 Å². The van der Waals surface area contributed by atoms with Crippen molar-refractivity contribution in [2.24, 2.45) is 5.11 Å². The molecule has 6 atom stereocenters. The molecule has 1 aromatic carbocycles. The second-order valence-corrected chi connectivity index (χ2v) is 8.72. The van der Waals surface area contributed by atoms with Crippen LogP contribution in [0.3, 0.4) is 0 Å². The van der Waals surface area contributed by atoms with E-state index in [4.69, 9.17) is 69.4 Å². The maximum Gasteiger partial charge on any atom is 0.303 e. The Hall–Kier alpha value is -1.78. The van der Waals surface area contributed by atoms with Gasteiger partial charge in [-0.15, -0.1) is 0 Å². The monoisotopic (exact) mass is 478 g/mol. The van der Waals surface area contributed by atoms with Crippen LogP contribution in [0.1, 0.15) is 18.8 Å². The summed E-state index contributed by atoms with van der Waals surface area (Å²) in [6.45, 7) is 1.25. The Morgan fingerprint density at radius 2 is 1.97 bits per heavy atom. The van der Waals surface area contributed by atoms with Gasteiger partial charge in [-0.1, -0.05) is 70.2 Å². The fraction of sp³-hybridized carbons (Fsp3) is 0.529. The number of nitrogens with zero attached hydrogens (tertiary/aromatic N) is 3. The Kier molecular flexibility index (Phi) is 7.30. The summed E-state index contributed by atoms with van der Waals surface area (Å²) >= 11 is 17.0. The molecular weight excluding hydrogens is 463 g/mol. The predicted octanol–water partition coefficient (Wildman–Crippen LogP) is 3.80. The minimum absolute atomic E-state index is 0.0476. The first-order valence-corrected chi connectivity index (χ1v) is 9.85. The number of esters is 1. The van der Waals surface area contributed by atoms with Crippen LogP contribution in [0.15, 0.2) is 35.4 Å². The van der Waals surface area contributed by atoms with Gasteiger partial charge in [-0.05, 0) is 5.53 Å². The Morgan fingerprint density at radius 3 is 2.57 bits per heavy atom. The summed E-state index contributed by atoms with van der Waals surface area (Å²) < 4.78 is 26.0. The highest BCUT2D eigenvalue weighted by molar-refractivity contribution is 6.76. The topological polar surface area (TPSA) is 136 Å². The minimum atomic E-state index is -2.17. The molecule has 0 radical (unpaired) electrons. The molecule has 2 unspecified atom stereocenters. The molecule has 0 amide bonds. The molecule has 0 bridgehead atoms. The number of benzene rings is 1. The quantitative estimate of drug-likeness (QED) is 0.133. The number of carbonyl (C=O) groups excluding carboxylic acids is 1. The van der Waals surface area contributed by atoms with Crippen molar-refractivity contribution in [3.8, 4) is 0 Å². The summed E-state index contributed by atoms with van der Waals surface area (Å²) in [4.78, 5) is 14.5. The second-order valence-electron chi connectivity index (χ2n) is 6.43. The molecule has 0 aromatic heterocycles. The summed E-state index contributed by atoms with van der Waals surface area (Å²) in [6.07, 6.45) is -4.84. The van der Waals surface area contributed by atoms with Crippen molar-refractivity contribution in [3.05, 3.63) is 46.3 Å². The van der Waals surface area contributed by atoms with E-state index in [1.165, 1.54) is 6.92 Å². The van der Waals surface area contributed by atoms with Crippen LogP contribution >= 0.6 is 34.8 Å². The fourth-order valence-electron chi connectivity index (χ4n) is 3.13. The molecule has 0 aliphatic carbocycles. The largest absolute Gasteiger partial charge is 0.459 e. The average Bonchev–Trinajstić information content (AvgIpc) is 2.69. The van der Waals surface area contributed by atoms with Crippen molar-refractivity contribution < 1.29 is 28.5 Å². The van der Waals surface area contributed by atoms with Crippen LogP contribution in [0, 0.1) is 5.41 Å².